The Hall–Kier alpha value is -4.47. The maximum Gasteiger partial charge on any atom is 0.332 e. The molecule has 0 aliphatic heterocycles. The van der Waals surface area contributed by atoms with Crippen molar-refractivity contribution in [1.29, 1.82) is 0 Å². The predicted octanol–water partition coefficient (Wildman–Crippen LogP) is 13.1. The van der Waals surface area contributed by atoms with Gasteiger partial charge < -0.3 is 9.47 Å². The van der Waals surface area contributed by atoms with Crippen LogP contribution in [-0.2, 0) is 46.4 Å². The van der Waals surface area contributed by atoms with E-state index in [0.717, 1.165) is 12.0 Å². The van der Waals surface area contributed by atoms with E-state index < -0.39 is 5.97 Å². The molecule has 0 bridgehead atoms. The average molecular weight is 689 g/mol. The third-order valence-electron chi connectivity index (χ3n) is 7.35. The summed E-state index contributed by atoms with van der Waals surface area (Å²) in [5.74, 6) is -0.407. The lowest BCUT2D eigenvalue weighted by atomic mass is 9.84. The van der Waals surface area contributed by atoms with Crippen molar-refractivity contribution in [3.8, 4) is 0 Å². The van der Waals surface area contributed by atoms with Crippen LogP contribution in [0, 0.1) is 0 Å². The predicted molar refractivity (Wildman–Crippen MR) is 222 cm³/mol. The fourth-order valence-electron chi connectivity index (χ4n) is 4.74. The molecule has 3 heteroatoms. The van der Waals surface area contributed by atoms with E-state index in [9.17, 15) is 4.79 Å². The highest BCUT2D eigenvalue weighted by Crippen LogP contribution is 2.30. The molecule has 0 aromatic heterocycles. The summed E-state index contributed by atoms with van der Waals surface area (Å²) in [6.45, 7) is 14.9. The van der Waals surface area contributed by atoms with Gasteiger partial charge in [0.1, 0.15) is 0 Å². The van der Waals surface area contributed by atoms with Crippen LogP contribution in [0.25, 0.3) is 16.8 Å². The molecule has 0 fully saturated rings. The minimum atomic E-state index is -0.407. The lowest BCUT2D eigenvalue weighted by molar-refractivity contribution is -0.147. The van der Waals surface area contributed by atoms with Gasteiger partial charge >= 0.3 is 5.97 Å². The van der Waals surface area contributed by atoms with Gasteiger partial charge in [0.25, 0.3) is 0 Å². The van der Waals surface area contributed by atoms with Crippen LogP contribution >= 0.6 is 0 Å². The molecule has 0 radical (unpaired) electrons. The fourth-order valence-corrected chi connectivity index (χ4v) is 4.74. The van der Waals surface area contributed by atoms with E-state index >= 15 is 0 Å². The molecule has 0 saturated heterocycles. The second-order valence-electron chi connectivity index (χ2n) is 12.3. The van der Waals surface area contributed by atoms with Gasteiger partial charge in [0.2, 0.25) is 0 Å². The molecule has 0 heterocycles. The third kappa shape index (κ3) is 18.9. The Balaban J connectivity index is 0.000000321. The zero-order valence-corrected chi connectivity index (χ0v) is 32.8. The van der Waals surface area contributed by atoms with Gasteiger partial charge in [-0.1, -0.05) is 189 Å². The van der Waals surface area contributed by atoms with Gasteiger partial charge in [0.15, 0.2) is 6.79 Å². The van der Waals surface area contributed by atoms with Gasteiger partial charge in [-0.2, -0.15) is 0 Å². The maximum absolute atomic E-state index is 11.0. The summed E-state index contributed by atoms with van der Waals surface area (Å²) in [6, 6.07) is 41.8. The molecule has 0 saturated carbocycles. The molecule has 0 atom stereocenters. The van der Waals surface area contributed by atoms with Crippen LogP contribution in [-0.4, -0.2) is 19.9 Å². The molecule has 7 rings (SSSR count). The number of esters is 1. The largest absolute Gasteiger partial charge is 0.435 e. The van der Waals surface area contributed by atoms with Crippen molar-refractivity contribution in [2.24, 2.45) is 0 Å². The van der Waals surface area contributed by atoms with Gasteiger partial charge in [0, 0.05) is 13.2 Å². The van der Waals surface area contributed by atoms with Crippen LogP contribution in [0.3, 0.4) is 0 Å². The highest BCUT2D eigenvalue weighted by molar-refractivity contribution is 5.88. The topological polar surface area (TPSA) is 35.5 Å². The second-order valence-corrected chi connectivity index (χ2v) is 12.3. The minimum Gasteiger partial charge on any atom is -0.435 e. The molecule has 51 heavy (non-hydrogen) atoms. The molecule has 0 unspecified atom stereocenters. The normalized spacial score (nSPS) is 10.9. The Morgan fingerprint density at radius 2 is 1.06 bits per heavy atom. The molecule has 3 nitrogen and oxygen atoms in total. The van der Waals surface area contributed by atoms with Crippen molar-refractivity contribution in [3.05, 3.63) is 161 Å². The van der Waals surface area contributed by atoms with E-state index in [4.69, 9.17) is 0 Å². The van der Waals surface area contributed by atoms with Crippen molar-refractivity contribution < 1.29 is 14.3 Å². The van der Waals surface area contributed by atoms with E-state index in [1.807, 2.05) is 36.4 Å². The van der Waals surface area contributed by atoms with Crippen molar-refractivity contribution in [2.75, 3.05) is 13.9 Å². The molecule has 0 spiro atoms. The Morgan fingerprint density at radius 3 is 1.51 bits per heavy atom. The number of hydrogen-bond acceptors (Lipinski definition) is 3. The molecule has 2 aliphatic carbocycles. The van der Waals surface area contributed by atoms with Gasteiger partial charge in [-0.3, -0.25) is 0 Å². The average Bonchev–Trinajstić information content (AvgIpc) is 3.13. The van der Waals surface area contributed by atoms with Crippen molar-refractivity contribution in [2.45, 2.75) is 99.8 Å². The molecular weight excluding hydrogens is 625 g/mol. The second kappa shape index (κ2) is 29.3. The summed E-state index contributed by atoms with van der Waals surface area (Å²) < 4.78 is 9.25. The number of carbonyl (C=O) groups is 1. The maximum atomic E-state index is 11.0. The summed E-state index contributed by atoms with van der Waals surface area (Å²) in [5, 5.41) is 2.84. The first-order chi connectivity index (χ1) is 24.9. The standard InChI is InChI=1S/C12H10.C11H12O3.C8H8.C8H10.3C3H8/c1-2-4-11-9(3-1)5-6-10-7-8-12(10)11;1-13-9-14-11(12)8-7-10-5-3-2-4-6-10;1-2-4-8-6-5-7(8)3-1;1-2-8-6-4-3-5-7-8;3*1-3-2/h1-6H,7-8H2;2-8H,9H2,1H3;1-4H,5-6H2;3-7H,2H2,1H3;3*3H2,1-2H3/b;8-7+;;;;;. The first-order valence-corrected chi connectivity index (χ1v) is 18.9. The van der Waals surface area contributed by atoms with Crippen LogP contribution in [0.1, 0.15) is 101 Å². The Morgan fingerprint density at radius 1 is 0.569 bits per heavy atom. The first-order valence-electron chi connectivity index (χ1n) is 18.9. The SMILES string of the molecule is CCC.CCC.CCC.CCc1ccccc1.COCOC(=O)/C=C/c1ccccc1.c1ccc2c(c1)CC2.c1ccc2c3c(ccc2c1)CC3. The Labute approximate surface area is 310 Å². The van der Waals surface area contributed by atoms with E-state index in [1.54, 1.807) is 28.3 Å². The number of methoxy groups -OCH3 is 1. The van der Waals surface area contributed by atoms with Crippen LogP contribution in [0.2, 0.25) is 0 Å². The van der Waals surface area contributed by atoms with Crippen molar-refractivity contribution >= 4 is 22.8 Å². The van der Waals surface area contributed by atoms with Crippen LogP contribution in [0.15, 0.2) is 127 Å². The first kappa shape index (κ1) is 44.6. The van der Waals surface area contributed by atoms with Crippen LogP contribution in [0.4, 0.5) is 0 Å². The summed E-state index contributed by atoms with van der Waals surface area (Å²) >= 11 is 0. The monoisotopic (exact) mass is 688 g/mol. The zero-order valence-electron chi connectivity index (χ0n) is 32.8. The highest BCUT2D eigenvalue weighted by Gasteiger charge is 2.14. The summed E-state index contributed by atoms with van der Waals surface area (Å²) in [5.41, 5.74) is 8.59. The summed E-state index contributed by atoms with van der Waals surface area (Å²) in [4.78, 5) is 11.0. The Kier molecular flexibility index (Phi) is 25.6. The molecular formula is C48H64O3. The fraction of sp³-hybridized carbons (Fsp3) is 0.354. The molecule has 0 amide bonds. The van der Waals surface area contributed by atoms with Gasteiger partial charge in [0.05, 0.1) is 0 Å². The zero-order chi connectivity index (χ0) is 37.5. The number of rotatable bonds is 5. The molecule has 5 aromatic carbocycles. The van der Waals surface area contributed by atoms with E-state index in [1.165, 1.54) is 74.5 Å². The smallest absolute Gasteiger partial charge is 0.332 e. The number of hydrogen-bond donors (Lipinski definition) is 0. The Bertz CT molecular complexity index is 1580. The number of aryl methyl sites for hydroxylation is 5. The van der Waals surface area contributed by atoms with Gasteiger partial charge in [-0.15, -0.1) is 0 Å². The van der Waals surface area contributed by atoms with Gasteiger partial charge in [-0.05, 0) is 82.3 Å². The van der Waals surface area contributed by atoms with Crippen LogP contribution < -0.4 is 0 Å². The number of carbonyl (C=O) groups excluding carboxylic acids is 1. The lowest BCUT2D eigenvalue weighted by Gasteiger charge is -2.20. The highest BCUT2D eigenvalue weighted by atomic mass is 16.7. The lowest BCUT2D eigenvalue weighted by Crippen LogP contribution is -2.07. The van der Waals surface area contributed by atoms with E-state index in [2.05, 4.69) is 143 Å². The quantitative estimate of drug-likeness (QED) is 0.105. The van der Waals surface area contributed by atoms with Crippen molar-refractivity contribution in [3.63, 3.8) is 0 Å². The third-order valence-corrected chi connectivity index (χ3v) is 7.35. The van der Waals surface area contributed by atoms with E-state index in [-0.39, 0.29) is 6.79 Å². The van der Waals surface area contributed by atoms with Crippen LogP contribution in [0.5, 0.6) is 0 Å². The molecule has 5 aromatic rings. The number of ether oxygens (including phenoxy) is 2. The van der Waals surface area contributed by atoms with Gasteiger partial charge in [-0.25, -0.2) is 4.79 Å². The number of benzene rings is 5. The molecule has 2 aliphatic rings. The molecule has 0 N–H and O–H groups in total. The minimum absolute atomic E-state index is 0.0159. The van der Waals surface area contributed by atoms with Crippen molar-refractivity contribution in [1.82, 2.24) is 0 Å². The summed E-state index contributed by atoms with van der Waals surface area (Å²) in [7, 11) is 1.47. The number of fused-ring (bicyclic) bond motifs is 4. The molecule has 274 valence electrons. The van der Waals surface area contributed by atoms with E-state index in [0.29, 0.717) is 0 Å². The summed E-state index contributed by atoms with van der Waals surface area (Å²) in [6.07, 6.45) is 13.1.